The predicted octanol–water partition coefficient (Wildman–Crippen LogP) is 4.94. The molecule has 0 spiro atoms. The van der Waals surface area contributed by atoms with E-state index in [1.807, 2.05) is 5.38 Å². The van der Waals surface area contributed by atoms with Crippen LogP contribution in [0.4, 0.5) is 0 Å². The highest BCUT2D eigenvalue weighted by Crippen LogP contribution is 2.40. The number of carbonyl (C=O) groups excluding carboxylic acids is 2. The third-order valence-electron chi connectivity index (χ3n) is 5.66. The molecule has 2 aromatic carbocycles. The van der Waals surface area contributed by atoms with Gasteiger partial charge in [0.2, 0.25) is 0 Å². The zero-order chi connectivity index (χ0) is 22.7. The van der Waals surface area contributed by atoms with Crippen LogP contribution in [0.25, 0.3) is 10.4 Å². The first-order chi connectivity index (χ1) is 15.5. The van der Waals surface area contributed by atoms with Gasteiger partial charge in [0.05, 0.1) is 28.8 Å². The Balaban J connectivity index is 1.49. The standard InChI is InChI=1S/C25H24N2O4S/c1-15(26-27-24(29)17-8-10-18(11-9-17)25(30)31-2)21-14-32-23(22(21)28)20-12-7-16-5-3-4-6-19(16)13-20/h7-14,28H,3-6H2,1-2H3,(H,27,29)/b26-15+. The average molecular weight is 449 g/mol. The Morgan fingerprint density at radius 1 is 1.03 bits per heavy atom. The van der Waals surface area contributed by atoms with Crippen LogP contribution in [0, 0.1) is 0 Å². The highest BCUT2D eigenvalue weighted by atomic mass is 32.1. The highest BCUT2D eigenvalue weighted by molar-refractivity contribution is 7.14. The number of aromatic hydroxyl groups is 1. The van der Waals surface area contributed by atoms with Crippen LogP contribution in [-0.4, -0.2) is 29.8 Å². The molecule has 6 nitrogen and oxygen atoms in total. The van der Waals surface area contributed by atoms with E-state index in [2.05, 4.69) is 33.5 Å². The molecule has 0 bridgehead atoms. The number of amides is 1. The van der Waals surface area contributed by atoms with Gasteiger partial charge in [0.15, 0.2) is 0 Å². The van der Waals surface area contributed by atoms with Gasteiger partial charge in [-0.15, -0.1) is 11.3 Å². The lowest BCUT2D eigenvalue weighted by Crippen LogP contribution is -2.19. The van der Waals surface area contributed by atoms with E-state index >= 15 is 0 Å². The summed E-state index contributed by atoms with van der Waals surface area (Å²) in [4.78, 5) is 24.7. The summed E-state index contributed by atoms with van der Waals surface area (Å²) in [7, 11) is 1.30. The highest BCUT2D eigenvalue weighted by Gasteiger charge is 2.17. The van der Waals surface area contributed by atoms with Crippen molar-refractivity contribution >= 4 is 28.9 Å². The molecule has 0 atom stereocenters. The summed E-state index contributed by atoms with van der Waals surface area (Å²) in [6.45, 7) is 1.74. The number of rotatable bonds is 5. The molecule has 0 fully saturated rings. The molecule has 1 aliphatic carbocycles. The molecule has 1 heterocycles. The van der Waals surface area contributed by atoms with Crippen molar-refractivity contribution in [3.8, 4) is 16.2 Å². The Morgan fingerprint density at radius 3 is 2.44 bits per heavy atom. The number of ether oxygens (including phenoxy) is 1. The van der Waals surface area contributed by atoms with Gasteiger partial charge in [0.25, 0.3) is 5.91 Å². The van der Waals surface area contributed by atoms with Crippen molar-refractivity contribution in [3.05, 3.63) is 75.7 Å². The van der Waals surface area contributed by atoms with Gasteiger partial charge < -0.3 is 9.84 Å². The normalized spacial score (nSPS) is 13.4. The lowest BCUT2D eigenvalue weighted by molar-refractivity contribution is 0.0600. The largest absolute Gasteiger partial charge is 0.506 e. The van der Waals surface area contributed by atoms with Crippen molar-refractivity contribution in [2.24, 2.45) is 5.10 Å². The number of benzene rings is 2. The van der Waals surface area contributed by atoms with E-state index in [1.165, 1.54) is 66.7 Å². The Kier molecular flexibility index (Phi) is 6.37. The SMILES string of the molecule is COC(=O)c1ccc(C(=O)N/N=C(\C)c2csc(-c3ccc4c(c3)CCCC4)c2O)cc1. The molecular weight excluding hydrogens is 424 g/mol. The molecule has 0 saturated carbocycles. The molecule has 7 heteroatoms. The second-order valence-corrected chi connectivity index (χ2v) is 8.60. The molecule has 1 aliphatic rings. The van der Waals surface area contributed by atoms with Crippen LogP contribution in [-0.2, 0) is 17.6 Å². The van der Waals surface area contributed by atoms with Crippen molar-refractivity contribution in [2.75, 3.05) is 7.11 Å². The number of carbonyl (C=O) groups is 2. The van der Waals surface area contributed by atoms with Crippen LogP contribution in [0.2, 0.25) is 0 Å². The third-order valence-corrected chi connectivity index (χ3v) is 6.68. The molecule has 1 amide bonds. The summed E-state index contributed by atoms with van der Waals surface area (Å²) in [6, 6.07) is 12.5. The monoisotopic (exact) mass is 448 g/mol. The molecule has 0 unspecified atom stereocenters. The smallest absolute Gasteiger partial charge is 0.337 e. The molecule has 0 aliphatic heterocycles. The van der Waals surface area contributed by atoms with E-state index in [1.54, 1.807) is 6.92 Å². The maximum atomic E-state index is 12.4. The van der Waals surface area contributed by atoms with Crippen LogP contribution in [0.3, 0.4) is 0 Å². The number of hydrogen-bond donors (Lipinski definition) is 2. The van der Waals surface area contributed by atoms with Crippen molar-refractivity contribution in [1.29, 1.82) is 0 Å². The molecule has 0 saturated heterocycles. The van der Waals surface area contributed by atoms with Gasteiger partial charge in [-0.3, -0.25) is 4.79 Å². The topological polar surface area (TPSA) is 88.0 Å². The van der Waals surface area contributed by atoms with Gasteiger partial charge in [-0.25, -0.2) is 10.2 Å². The van der Waals surface area contributed by atoms with Crippen LogP contribution in [0.1, 0.15) is 57.2 Å². The minimum absolute atomic E-state index is 0.170. The van der Waals surface area contributed by atoms with E-state index in [-0.39, 0.29) is 5.75 Å². The number of nitrogens with zero attached hydrogens (tertiary/aromatic N) is 1. The Labute approximate surface area is 190 Å². The van der Waals surface area contributed by atoms with Crippen LogP contribution in [0.5, 0.6) is 5.75 Å². The summed E-state index contributed by atoms with van der Waals surface area (Å²) in [6.07, 6.45) is 4.63. The van der Waals surface area contributed by atoms with E-state index < -0.39 is 11.9 Å². The number of aryl methyl sites for hydroxylation is 2. The van der Waals surface area contributed by atoms with Crippen LogP contribution < -0.4 is 5.43 Å². The fourth-order valence-electron chi connectivity index (χ4n) is 3.82. The van der Waals surface area contributed by atoms with Crippen molar-refractivity contribution < 1.29 is 19.4 Å². The fourth-order valence-corrected chi connectivity index (χ4v) is 4.83. The minimum atomic E-state index is -0.464. The number of thiophene rings is 1. The van der Waals surface area contributed by atoms with Gasteiger partial charge in [-0.05, 0) is 79.6 Å². The number of esters is 1. The Hall–Kier alpha value is -3.45. The van der Waals surface area contributed by atoms with Crippen LogP contribution >= 0.6 is 11.3 Å². The van der Waals surface area contributed by atoms with Crippen molar-refractivity contribution in [1.82, 2.24) is 5.43 Å². The number of methoxy groups -OCH3 is 1. The molecule has 2 N–H and O–H groups in total. The number of hydrogen-bond acceptors (Lipinski definition) is 6. The van der Waals surface area contributed by atoms with Gasteiger partial charge in [0, 0.05) is 10.9 Å². The second-order valence-electron chi connectivity index (χ2n) is 7.72. The number of nitrogens with one attached hydrogen (secondary N) is 1. The van der Waals surface area contributed by atoms with E-state index in [0.717, 1.165) is 23.3 Å². The molecule has 4 rings (SSSR count). The Bertz CT molecular complexity index is 1200. The van der Waals surface area contributed by atoms with Crippen molar-refractivity contribution in [2.45, 2.75) is 32.6 Å². The zero-order valence-electron chi connectivity index (χ0n) is 18.0. The van der Waals surface area contributed by atoms with Gasteiger partial charge >= 0.3 is 5.97 Å². The molecule has 3 aromatic rings. The van der Waals surface area contributed by atoms with E-state index in [9.17, 15) is 14.7 Å². The first-order valence-corrected chi connectivity index (χ1v) is 11.3. The second kappa shape index (κ2) is 9.36. The zero-order valence-corrected chi connectivity index (χ0v) is 18.8. The van der Waals surface area contributed by atoms with Gasteiger partial charge in [-0.2, -0.15) is 5.10 Å². The summed E-state index contributed by atoms with van der Waals surface area (Å²) in [5.41, 5.74) is 8.08. The maximum Gasteiger partial charge on any atom is 0.337 e. The van der Waals surface area contributed by atoms with E-state index in [0.29, 0.717) is 22.4 Å². The third kappa shape index (κ3) is 4.43. The van der Waals surface area contributed by atoms with Crippen LogP contribution in [0.15, 0.2) is 52.9 Å². The first kappa shape index (κ1) is 21.8. The summed E-state index contributed by atoms with van der Waals surface area (Å²) in [5.74, 6) is -0.706. The molecule has 0 radical (unpaired) electrons. The minimum Gasteiger partial charge on any atom is -0.506 e. The summed E-state index contributed by atoms with van der Waals surface area (Å²) in [5, 5.41) is 16.8. The molecular formula is C25H24N2O4S. The fraction of sp³-hybridized carbons (Fsp3) is 0.240. The molecule has 1 aromatic heterocycles. The molecule has 164 valence electrons. The molecule has 32 heavy (non-hydrogen) atoms. The van der Waals surface area contributed by atoms with E-state index in [4.69, 9.17) is 0 Å². The lowest BCUT2D eigenvalue weighted by Gasteiger charge is -2.16. The maximum absolute atomic E-state index is 12.4. The summed E-state index contributed by atoms with van der Waals surface area (Å²) < 4.78 is 4.65. The Morgan fingerprint density at radius 2 is 1.72 bits per heavy atom. The number of hydrazone groups is 1. The predicted molar refractivity (Wildman–Crippen MR) is 126 cm³/mol. The quantitative estimate of drug-likeness (QED) is 0.329. The van der Waals surface area contributed by atoms with Gasteiger partial charge in [0.1, 0.15) is 5.75 Å². The van der Waals surface area contributed by atoms with Gasteiger partial charge in [-0.1, -0.05) is 12.1 Å². The summed E-state index contributed by atoms with van der Waals surface area (Å²) >= 11 is 1.46. The lowest BCUT2D eigenvalue weighted by atomic mass is 9.90. The first-order valence-electron chi connectivity index (χ1n) is 10.4. The number of fused-ring (bicyclic) bond motifs is 1. The van der Waals surface area contributed by atoms with Crippen molar-refractivity contribution in [3.63, 3.8) is 0 Å². The average Bonchev–Trinajstić information content (AvgIpc) is 3.22.